The zero-order valence-electron chi connectivity index (χ0n) is 16.6. The molecule has 0 spiro atoms. The van der Waals surface area contributed by atoms with Crippen LogP contribution in [0.25, 0.3) is 10.1 Å². The second kappa shape index (κ2) is 7.58. The van der Waals surface area contributed by atoms with Gasteiger partial charge in [-0.15, -0.1) is 11.3 Å². The first kappa shape index (κ1) is 18.8. The van der Waals surface area contributed by atoms with E-state index in [0.29, 0.717) is 18.8 Å². The number of benzene rings is 3. The summed E-state index contributed by atoms with van der Waals surface area (Å²) in [6.45, 7) is 3.19. The maximum Gasteiger partial charge on any atom is 0.251 e. The Morgan fingerprint density at radius 1 is 0.967 bits per heavy atom. The van der Waals surface area contributed by atoms with Gasteiger partial charge in [0.1, 0.15) is 11.9 Å². The van der Waals surface area contributed by atoms with E-state index in [1.165, 1.54) is 17.2 Å². The van der Waals surface area contributed by atoms with Crippen molar-refractivity contribution in [2.75, 3.05) is 5.32 Å². The lowest BCUT2D eigenvalue weighted by molar-refractivity contribution is -0.132. The topological polar surface area (TPSA) is 32.3 Å². The quantitative estimate of drug-likeness (QED) is 0.440. The van der Waals surface area contributed by atoms with Gasteiger partial charge in [-0.1, -0.05) is 54.6 Å². The van der Waals surface area contributed by atoms with Crippen LogP contribution in [-0.4, -0.2) is 10.8 Å². The highest BCUT2D eigenvalue weighted by Crippen LogP contribution is 2.38. The lowest BCUT2D eigenvalue weighted by atomic mass is 10.1. The Morgan fingerprint density at radius 3 is 2.30 bits per heavy atom. The van der Waals surface area contributed by atoms with Crippen LogP contribution in [0.1, 0.15) is 27.6 Å². The molecule has 0 saturated heterocycles. The first-order valence-electron chi connectivity index (χ1n) is 9.96. The minimum atomic E-state index is -0.645. The number of fused-ring (bicyclic) bond motifs is 2. The van der Waals surface area contributed by atoms with Crippen molar-refractivity contribution in [1.82, 2.24) is 4.90 Å². The maximum absolute atomic E-state index is 14.4. The van der Waals surface area contributed by atoms with Gasteiger partial charge in [0.05, 0.1) is 5.69 Å². The van der Waals surface area contributed by atoms with E-state index in [1.807, 2.05) is 36.1 Å². The third-order valence-corrected chi connectivity index (χ3v) is 7.05. The fourth-order valence-corrected chi connectivity index (χ4v) is 5.37. The van der Waals surface area contributed by atoms with Crippen molar-refractivity contribution < 1.29 is 9.18 Å². The van der Waals surface area contributed by atoms with Gasteiger partial charge in [0.25, 0.3) is 5.91 Å². The summed E-state index contributed by atoms with van der Waals surface area (Å²) in [5.41, 5.74) is 3.74. The first-order valence-corrected chi connectivity index (χ1v) is 10.8. The molecule has 4 aromatic rings. The number of hydrogen-bond acceptors (Lipinski definition) is 3. The van der Waals surface area contributed by atoms with Crippen molar-refractivity contribution >= 4 is 33.0 Å². The summed E-state index contributed by atoms with van der Waals surface area (Å²) >= 11 is 1.60. The molecule has 1 aliphatic heterocycles. The molecule has 5 heteroatoms. The van der Waals surface area contributed by atoms with Crippen molar-refractivity contribution in [2.24, 2.45) is 0 Å². The van der Waals surface area contributed by atoms with E-state index >= 15 is 0 Å². The maximum atomic E-state index is 14.4. The van der Waals surface area contributed by atoms with Crippen molar-refractivity contribution in [3.05, 3.63) is 100 Å². The lowest BCUT2D eigenvalue weighted by Crippen LogP contribution is -2.34. The van der Waals surface area contributed by atoms with Crippen LogP contribution in [0.5, 0.6) is 0 Å². The molecular weight excluding hydrogens is 395 g/mol. The summed E-state index contributed by atoms with van der Waals surface area (Å²) in [5.74, 6) is -0.400. The molecule has 0 bridgehead atoms. The van der Waals surface area contributed by atoms with Crippen LogP contribution in [0.4, 0.5) is 10.1 Å². The Hall–Kier alpha value is -3.18. The molecule has 1 N–H and O–H groups in total. The van der Waals surface area contributed by atoms with Gasteiger partial charge in [-0.25, -0.2) is 4.39 Å². The van der Waals surface area contributed by atoms with Crippen LogP contribution in [0.3, 0.4) is 0 Å². The average Bonchev–Trinajstić information content (AvgIpc) is 3.34. The molecule has 150 valence electrons. The number of aryl methyl sites for hydroxylation is 1. The van der Waals surface area contributed by atoms with Crippen LogP contribution >= 0.6 is 11.3 Å². The number of carbonyl (C=O) groups excluding carboxylic acids is 1. The largest absolute Gasteiger partial charge is 0.367 e. The molecule has 3 nitrogen and oxygen atoms in total. The molecule has 1 atom stereocenters. The van der Waals surface area contributed by atoms with Crippen LogP contribution in [0.2, 0.25) is 0 Å². The number of halogens is 1. The SMILES string of the molecule is Cc1c(C(Nc2ccccc2F)C(=O)N2Cc3ccccc3C2)sc2ccccc12. The van der Waals surface area contributed by atoms with E-state index in [0.717, 1.165) is 20.5 Å². The number of para-hydroxylation sites is 1. The molecule has 0 radical (unpaired) electrons. The fourth-order valence-electron chi connectivity index (χ4n) is 4.11. The van der Waals surface area contributed by atoms with Gasteiger partial charge in [-0.3, -0.25) is 4.79 Å². The zero-order valence-corrected chi connectivity index (χ0v) is 17.4. The Kier molecular flexibility index (Phi) is 4.75. The molecule has 1 aromatic heterocycles. The number of nitrogens with one attached hydrogen (secondary N) is 1. The zero-order chi connectivity index (χ0) is 20.7. The summed E-state index contributed by atoms with van der Waals surface area (Å²) < 4.78 is 15.6. The summed E-state index contributed by atoms with van der Waals surface area (Å²) in [6.07, 6.45) is 0. The molecular formula is C25H21FN2OS. The summed E-state index contributed by atoms with van der Waals surface area (Å²) in [4.78, 5) is 16.5. The lowest BCUT2D eigenvalue weighted by Gasteiger charge is -2.25. The van der Waals surface area contributed by atoms with Gasteiger partial charge in [0, 0.05) is 22.7 Å². The predicted molar refractivity (Wildman–Crippen MR) is 120 cm³/mol. The number of thiophene rings is 1. The third-order valence-electron chi connectivity index (χ3n) is 5.72. The highest BCUT2D eigenvalue weighted by molar-refractivity contribution is 7.19. The molecule has 30 heavy (non-hydrogen) atoms. The number of rotatable bonds is 4. The van der Waals surface area contributed by atoms with Crippen molar-refractivity contribution in [3.8, 4) is 0 Å². The van der Waals surface area contributed by atoms with E-state index in [9.17, 15) is 9.18 Å². The molecule has 1 amide bonds. The number of nitrogens with zero attached hydrogens (tertiary/aromatic N) is 1. The van der Waals surface area contributed by atoms with E-state index in [4.69, 9.17) is 0 Å². The van der Waals surface area contributed by atoms with Crippen molar-refractivity contribution in [2.45, 2.75) is 26.1 Å². The highest BCUT2D eigenvalue weighted by atomic mass is 32.1. The van der Waals surface area contributed by atoms with E-state index < -0.39 is 6.04 Å². The van der Waals surface area contributed by atoms with Gasteiger partial charge in [0.15, 0.2) is 0 Å². The highest BCUT2D eigenvalue weighted by Gasteiger charge is 2.32. The minimum absolute atomic E-state index is 0.0379. The van der Waals surface area contributed by atoms with Gasteiger partial charge in [-0.05, 0) is 47.2 Å². The summed E-state index contributed by atoms with van der Waals surface area (Å²) in [5, 5.41) is 4.35. The van der Waals surface area contributed by atoms with E-state index in [2.05, 4.69) is 29.6 Å². The molecule has 3 aromatic carbocycles. The Bertz CT molecular complexity index is 1220. The van der Waals surface area contributed by atoms with Crippen LogP contribution in [0.15, 0.2) is 72.8 Å². The summed E-state index contributed by atoms with van der Waals surface area (Å²) in [7, 11) is 0. The number of hydrogen-bond donors (Lipinski definition) is 1. The van der Waals surface area contributed by atoms with E-state index in [-0.39, 0.29) is 11.7 Å². The average molecular weight is 417 g/mol. The van der Waals surface area contributed by atoms with Crippen molar-refractivity contribution in [1.29, 1.82) is 0 Å². The monoisotopic (exact) mass is 416 g/mol. The predicted octanol–water partition coefficient (Wildman–Crippen LogP) is 6.04. The third kappa shape index (κ3) is 3.25. The Labute approximate surface area is 178 Å². The number of amides is 1. The fraction of sp³-hybridized carbons (Fsp3) is 0.160. The Morgan fingerprint density at radius 2 is 1.60 bits per heavy atom. The van der Waals surface area contributed by atoms with Crippen molar-refractivity contribution in [3.63, 3.8) is 0 Å². The Balaban J connectivity index is 1.55. The second-order valence-electron chi connectivity index (χ2n) is 7.61. The number of anilines is 1. The smallest absolute Gasteiger partial charge is 0.251 e. The number of carbonyl (C=O) groups is 1. The minimum Gasteiger partial charge on any atom is -0.367 e. The summed E-state index contributed by atoms with van der Waals surface area (Å²) in [6, 6.07) is 22.1. The molecule has 1 unspecified atom stereocenters. The normalized spacial score (nSPS) is 14.0. The van der Waals surface area contributed by atoms with Gasteiger partial charge < -0.3 is 10.2 Å². The first-order chi connectivity index (χ1) is 14.6. The van der Waals surface area contributed by atoms with Gasteiger partial charge in [-0.2, -0.15) is 0 Å². The van der Waals surface area contributed by atoms with Crippen LogP contribution in [-0.2, 0) is 17.9 Å². The molecule has 0 saturated carbocycles. The molecule has 0 aliphatic carbocycles. The van der Waals surface area contributed by atoms with Crippen LogP contribution < -0.4 is 5.32 Å². The van der Waals surface area contributed by atoms with Crippen LogP contribution in [0, 0.1) is 12.7 Å². The van der Waals surface area contributed by atoms with Gasteiger partial charge in [0.2, 0.25) is 0 Å². The molecule has 2 heterocycles. The molecule has 0 fully saturated rings. The second-order valence-corrected chi connectivity index (χ2v) is 8.69. The standard InChI is InChI=1S/C25H21FN2OS/c1-16-19-10-4-7-13-22(19)30-24(16)23(27-21-12-6-5-11-20(21)26)25(29)28-14-17-8-2-3-9-18(17)15-28/h2-13,23,27H,14-15H2,1H3. The molecule has 5 rings (SSSR count). The molecule has 1 aliphatic rings. The van der Waals surface area contributed by atoms with E-state index in [1.54, 1.807) is 29.5 Å². The van der Waals surface area contributed by atoms with Gasteiger partial charge >= 0.3 is 0 Å².